The number of nitrogens with zero attached hydrogens (tertiary/aromatic N) is 5. The molecule has 28 heavy (non-hydrogen) atoms. The molecule has 0 spiro atoms. The molecule has 3 heterocycles. The van der Waals surface area contributed by atoms with Crippen molar-refractivity contribution in [1.29, 1.82) is 0 Å². The molecule has 10 heteroatoms. The normalized spacial score (nSPS) is 17.5. The number of halogens is 1. The first kappa shape index (κ1) is 18.4. The number of aromatic nitrogens is 4. The smallest absolute Gasteiger partial charge is 0.243 e. The van der Waals surface area contributed by atoms with E-state index in [4.69, 9.17) is 0 Å². The van der Waals surface area contributed by atoms with Crippen LogP contribution in [-0.4, -0.2) is 39.2 Å². The second kappa shape index (κ2) is 7.56. The van der Waals surface area contributed by atoms with Crippen LogP contribution in [0.3, 0.4) is 0 Å². The first-order valence-electron chi connectivity index (χ1n) is 8.66. The highest BCUT2D eigenvalue weighted by Crippen LogP contribution is 2.36. The summed E-state index contributed by atoms with van der Waals surface area (Å²) >= 11 is 0. The number of hydrogen-bond acceptors (Lipinski definition) is 7. The first-order chi connectivity index (χ1) is 13.5. The molecule has 1 atom stereocenters. The van der Waals surface area contributed by atoms with Gasteiger partial charge in [0, 0.05) is 12.7 Å². The maximum Gasteiger partial charge on any atom is 0.243 e. The molecule has 0 bridgehead atoms. The van der Waals surface area contributed by atoms with E-state index in [-0.39, 0.29) is 4.90 Å². The fourth-order valence-electron chi connectivity index (χ4n) is 3.18. The molecule has 144 valence electrons. The summed E-state index contributed by atoms with van der Waals surface area (Å²) < 4.78 is 40.7. The van der Waals surface area contributed by atoms with Crippen molar-refractivity contribution in [2.45, 2.75) is 23.8 Å². The summed E-state index contributed by atoms with van der Waals surface area (Å²) in [6.07, 6.45) is 7.53. The van der Waals surface area contributed by atoms with E-state index in [1.165, 1.54) is 22.8 Å². The molecule has 1 fully saturated rings. The van der Waals surface area contributed by atoms with Gasteiger partial charge in [-0.15, -0.1) is 0 Å². The van der Waals surface area contributed by atoms with E-state index >= 15 is 0 Å². The van der Waals surface area contributed by atoms with Crippen LogP contribution >= 0.6 is 0 Å². The van der Waals surface area contributed by atoms with E-state index in [9.17, 15) is 12.8 Å². The van der Waals surface area contributed by atoms with Gasteiger partial charge in [0.15, 0.2) is 0 Å². The van der Waals surface area contributed by atoms with Gasteiger partial charge in [-0.1, -0.05) is 0 Å². The minimum Gasteiger partial charge on any atom is -0.322 e. The summed E-state index contributed by atoms with van der Waals surface area (Å²) in [5.41, 5.74) is 1.22. The molecule has 1 aromatic carbocycles. The van der Waals surface area contributed by atoms with Gasteiger partial charge in [-0.05, 0) is 43.2 Å². The SMILES string of the molecule is O=S(=O)(c1ccc(F)cc1)N1CCC[C@@H]1c1ccnc(Nc2cncnc2)n1. The molecule has 0 saturated carbocycles. The van der Waals surface area contributed by atoms with Gasteiger partial charge in [-0.2, -0.15) is 4.31 Å². The Morgan fingerprint density at radius 2 is 1.86 bits per heavy atom. The Hall–Kier alpha value is -2.98. The summed E-state index contributed by atoms with van der Waals surface area (Å²) in [4.78, 5) is 16.6. The van der Waals surface area contributed by atoms with E-state index in [0.717, 1.165) is 12.1 Å². The third-order valence-electron chi connectivity index (χ3n) is 4.46. The average molecular weight is 400 g/mol. The summed E-state index contributed by atoms with van der Waals surface area (Å²) in [7, 11) is -3.76. The van der Waals surface area contributed by atoms with Gasteiger partial charge in [0.2, 0.25) is 16.0 Å². The molecule has 8 nitrogen and oxygen atoms in total. The van der Waals surface area contributed by atoms with Crippen LogP contribution in [0.2, 0.25) is 0 Å². The van der Waals surface area contributed by atoms with Crippen LogP contribution in [0, 0.1) is 5.82 Å². The maximum absolute atomic E-state index is 13.2. The fraction of sp³-hybridized carbons (Fsp3) is 0.222. The van der Waals surface area contributed by atoms with E-state index in [2.05, 4.69) is 25.3 Å². The van der Waals surface area contributed by atoms with Crippen LogP contribution in [0.5, 0.6) is 0 Å². The van der Waals surface area contributed by atoms with Crippen molar-refractivity contribution in [2.24, 2.45) is 0 Å². The quantitative estimate of drug-likeness (QED) is 0.703. The molecule has 0 amide bonds. The fourth-order valence-corrected chi connectivity index (χ4v) is 4.85. The van der Waals surface area contributed by atoms with Crippen molar-refractivity contribution in [3.05, 3.63) is 66.8 Å². The van der Waals surface area contributed by atoms with Crippen molar-refractivity contribution in [1.82, 2.24) is 24.2 Å². The van der Waals surface area contributed by atoms with Crippen molar-refractivity contribution >= 4 is 21.7 Å². The average Bonchev–Trinajstić information content (AvgIpc) is 3.20. The van der Waals surface area contributed by atoms with Gasteiger partial charge in [0.25, 0.3) is 0 Å². The van der Waals surface area contributed by atoms with Crippen LogP contribution < -0.4 is 5.32 Å². The monoisotopic (exact) mass is 400 g/mol. The number of rotatable bonds is 5. The van der Waals surface area contributed by atoms with Gasteiger partial charge >= 0.3 is 0 Å². The third kappa shape index (κ3) is 3.69. The topological polar surface area (TPSA) is 101 Å². The zero-order valence-electron chi connectivity index (χ0n) is 14.7. The molecule has 4 rings (SSSR count). The van der Waals surface area contributed by atoms with Crippen LogP contribution in [-0.2, 0) is 10.0 Å². The van der Waals surface area contributed by atoms with Gasteiger partial charge in [0.1, 0.15) is 12.1 Å². The standard InChI is InChI=1S/C18H17FN6O2S/c19-13-3-5-15(6-4-13)28(26,27)25-9-1-2-17(25)16-7-8-22-18(24-16)23-14-10-20-12-21-11-14/h3-8,10-12,17H,1-2,9H2,(H,22,23,24)/t17-/m1/s1. The van der Waals surface area contributed by atoms with Gasteiger partial charge in [-0.25, -0.2) is 32.7 Å². The van der Waals surface area contributed by atoms with Crippen LogP contribution in [0.1, 0.15) is 24.6 Å². The Morgan fingerprint density at radius 1 is 1.11 bits per heavy atom. The minimum atomic E-state index is -3.76. The van der Waals surface area contributed by atoms with E-state index < -0.39 is 21.9 Å². The molecule has 3 aromatic rings. The summed E-state index contributed by atoms with van der Waals surface area (Å²) in [6.45, 7) is 0.379. The molecular weight excluding hydrogens is 383 g/mol. The van der Waals surface area contributed by atoms with Crippen LogP contribution in [0.4, 0.5) is 16.0 Å². The summed E-state index contributed by atoms with van der Waals surface area (Å²) in [5, 5.41) is 3.00. The molecular formula is C18H17FN6O2S. The van der Waals surface area contributed by atoms with Crippen LogP contribution in [0.15, 0.2) is 60.1 Å². The van der Waals surface area contributed by atoms with E-state index in [1.54, 1.807) is 24.7 Å². The first-order valence-corrected chi connectivity index (χ1v) is 10.1. The zero-order valence-corrected chi connectivity index (χ0v) is 15.6. The van der Waals surface area contributed by atoms with Crippen molar-refractivity contribution in [2.75, 3.05) is 11.9 Å². The highest BCUT2D eigenvalue weighted by atomic mass is 32.2. The molecule has 2 aromatic heterocycles. The highest BCUT2D eigenvalue weighted by molar-refractivity contribution is 7.89. The number of anilines is 2. The summed E-state index contributed by atoms with van der Waals surface area (Å²) in [6, 6.07) is 6.14. The molecule has 0 aliphatic carbocycles. The molecule has 0 radical (unpaired) electrons. The molecule has 1 saturated heterocycles. The van der Waals surface area contributed by atoms with Crippen molar-refractivity contribution in [3.63, 3.8) is 0 Å². The molecule has 1 aliphatic heterocycles. The largest absolute Gasteiger partial charge is 0.322 e. The number of benzene rings is 1. The molecule has 1 N–H and O–H groups in total. The Morgan fingerprint density at radius 3 is 2.61 bits per heavy atom. The number of sulfonamides is 1. The number of hydrogen-bond donors (Lipinski definition) is 1. The lowest BCUT2D eigenvalue weighted by molar-refractivity contribution is 0.390. The predicted molar refractivity (Wildman–Crippen MR) is 99.6 cm³/mol. The summed E-state index contributed by atoms with van der Waals surface area (Å²) in [5.74, 6) is -0.147. The van der Waals surface area contributed by atoms with E-state index in [0.29, 0.717) is 36.7 Å². The second-order valence-corrected chi connectivity index (χ2v) is 8.18. The Labute approximate surface area is 161 Å². The Kier molecular flexibility index (Phi) is 4.97. The third-order valence-corrected chi connectivity index (χ3v) is 6.38. The Bertz CT molecular complexity index is 1060. The van der Waals surface area contributed by atoms with E-state index in [1.807, 2.05) is 0 Å². The lowest BCUT2D eigenvalue weighted by atomic mass is 10.1. The van der Waals surface area contributed by atoms with Crippen molar-refractivity contribution < 1.29 is 12.8 Å². The van der Waals surface area contributed by atoms with Crippen LogP contribution in [0.25, 0.3) is 0 Å². The second-order valence-electron chi connectivity index (χ2n) is 6.28. The number of nitrogens with one attached hydrogen (secondary N) is 1. The van der Waals surface area contributed by atoms with Gasteiger partial charge in [-0.3, -0.25) is 0 Å². The lowest BCUT2D eigenvalue weighted by Crippen LogP contribution is -2.31. The minimum absolute atomic E-state index is 0.0645. The molecule has 0 unspecified atom stereocenters. The van der Waals surface area contributed by atoms with Crippen molar-refractivity contribution in [3.8, 4) is 0 Å². The zero-order chi connectivity index (χ0) is 19.6. The molecule has 1 aliphatic rings. The maximum atomic E-state index is 13.2. The van der Waals surface area contributed by atoms with Gasteiger partial charge in [0.05, 0.1) is 34.7 Å². The van der Waals surface area contributed by atoms with Gasteiger partial charge < -0.3 is 5.32 Å². The predicted octanol–water partition coefficient (Wildman–Crippen LogP) is 2.68. The lowest BCUT2D eigenvalue weighted by Gasteiger charge is -2.24. The Balaban J connectivity index is 1.61. The highest BCUT2D eigenvalue weighted by Gasteiger charge is 2.37.